The second-order valence-electron chi connectivity index (χ2n) is 10.2. The van der Waals surface area contributed by atoms with Gasteiger partial charge in [-0.1, -0.05) is 72.2 Å². The Labute approximate surface area is 156 Å². The Kier molecular flexibility index (Phi) is 5.22. The molecule has 0 amide bonds. The van der Waals surface area contributed by atoms with Crippen LogP contribution >= 0.6 is 11.1 Å². The van der Waals surface area contributed by atoms with Gasteiger partial charge in [-0.05, 0) is 22.0 Å². The van der Waals surface area contributed by atoms with Crippen LogP contribution in [0.25, 0.3) is 0 Å². The Morgan fingerprint density at radius 3 is 1.54 bits per heavy atom. The lowest BCUT2D eigenvalue weighted by Gasteiger charge is -2.52. The maximum Gasteiger partial charge on any atom is 0.581 e. The average Bonchev–Trinajstić information content (AvgIpc) is 2.77. The van der Waals surface area contributed by atoms with E-state index in [1.54, 1.807) is 0 Å². The van der Waals surface area contributed by atoms with Gasteiger partial charge < -0.3 is 9.31 Å². The van der Waals surface area contributed by atoms with Crippen molar-refractivity contribution in [3.63, 3.8) is 0 Å². The van der Waals surface area contributed by atoms with Gasteiger partial charge in [-0.25, -0.2) is 0 Å². The number of hydrogen-bond acceptors (Lipinski definition) is 2. The minimum Gasteiger partial charge on any atom is -0.526 e. The number of hydrogen-bond donors (Lipinski definition) is 0. The molecule has 0 aliphatic carbocycles. The summed E-state index contributed by atoms with van der Waals surface area (Å²) in [5.74, 6) is 1.68. The fourth-order valence-corrected chi connectivity index (χ4v) is 37.0. The normalized spacial score (nSPS) is 18.0. The molecule has 24 heavy (non-hydrogen) atoms. The van der Waals surface area contributed by atoms with Crippen molar-refractivity contribution < 1.29 is 9.31 Å². The van der Waals surface area contributed by atoms with Gasteiger partial charge in [0.25, 0.3) is 0 Å². The first-order chi connectivity index (χ1) is 10.7. The highest BCUT2D eigenvalue weighted by Gasteiger charge is 2.69. The van der Waals surface area contributed by atoms with E-state index in [9.17, 15) is 0 Å². The summed E-state index contributed by atoms with van der Waals surface area (Å²) in [6.45, 7) is 21.4. The molecule has 2 nitrogen and oxygen atoms in total. The maximum atomic E-state index is 7.71. The van der Waals surface area contributed by atoms with E-state index in [0.29, 0.717) is 4.79 Å². The predicted octanol–water partition coefficient (Wildman–Crippen LogP) is 6.13. The van der Waals surface area contributed by atoms with E-state index in [-0.39, 0.29) is 11.7 Å². The van der Waals surface area contributed by atoms with E-state index in [1.165, 1.54) is 0 Å². The van der Waals surface area contributed by atoms with Gasteiger partial charge in [0.1, 0.15) is 11.5 Å². The van der Waals surface area contributed by atoms with Crippen LogP contribution in [0.15, 0.2) is 24.3 Å². The van der Waals surface area contributed by atoms with Gasteiger partial charge in [-0.3, -0.25) is 0 Å². The minimum absolute atomic E-state index is 0.00745. The largest absolute Gasteiger partial charge is 0.581 e. The smallest absolute Gasteiger partial charge is 0.526 e. The molecule has 1 atom stereocenters. The van der Waals surface area contributed by atoms with Crippen molar-refractivity contribution in [2.75, 3.05) is 0 Å². The van der Waals surface area contributed by atoms with Crippen LogP contribution in [0.2, 0.25) is 49.1 Å². The lowest BCUT2D eigenvalue weighted by Crippen LogP contribution is -2.70. The van der Waals surface area contributed by atoms with E-state index in [4.69, 9.17) is 20.4 Å². The van der Waals surface area contributed by atoms with E-state index >= 15 is 0 Å². The van der Waals surface area contributed by atoms with Crippen molar-refractivity contribution >= 4 is 41.2 Å². The highest BCUT2D eigenvalue weighted by atomic mass is 35.6. The third-order valence-electron chi connectivity index (χ3n) is 4.96. The topological polar surface area (TPSA) is 18.5 Å². The van der Waals surface area contributed by atoms with E-state index in [2.05, 4.69) is 60.1 Å². The van der Waals surface area contributed by atoms with E-state index in [1.807, 2.05) is 24.3 Å². The number of halogens is 1. The number of fused-ring (bicyclic) bond motifs is 1. The lowest BCUT2D eigenvalue weighted by molar-refractivity contribution is 0.518. The summed E-state index contributed by atoms with van der Waals surface area (Å²) in [5, 5.41) is -0.00745. The van der Waals surface area contributed by atoms with Crippen molar-refractivity contribution in [1.29, 1.82) is 0 Å². The summed E-state index contributed by atoms with van der Waals surface area (Å²) in [6, 6.07) is 7.96. The highest BCUT2D eigenvalue weighted by Crippen LogP contribution is 2.56. The third kappa shape index (κ3) is 3.52. The number of para-hydroxylation sites is 2. The van der Waals surface area contributed by atoms with Gasteiger partial charge in [0, 0.05) is 16.1 Å². The first-order valence-corrected chi connectivity index (χ1v) is 19.1. The van der Waals surface area contributed by atoms with Crippen LogP contribution in [0.4, 0.5) is 0 Å². The van der Waals surface area contributed by atoms with Gasteiger partial charge in [0.05, 0.1) is 0 Å². The molecule has 1 aliphatic rings. The zero-order valence-corrected chi connectivity index (χ0v) is 20.4. The summed E-state index contributed by atoms with van der Waals surface area (Å²) in [4.78, 5) is 0.582. The fraction of sp³-hybridized carbons (Fsp3) is 0.647. The molecule has 134 valence electrons. The molecule has 7 heteroatoms. The molecule has 1 aromatic rings. The summed E-state index contributed by atoms with van der Waals surface area (Å²) in [7, 11) is -5.48. The van der Waals surface area contributed by atoms with Crippen LogP contribution < -0.4 is 9.31 Å². The standard InChI is InChI=1S/C17H32BClO2Si3/c1-17(2,3)24(19,16(22(4,5)6)23(7,8)9)18-20-14-12-10-11-13-15(14)21-18/h10-13,16H,1-9H3. The number of rotatable bonds is 4. The zero-order valence-electron chi connectivity index (χ0n) is 16.7. The molecule has 0 saturated carbocycles. The molecule has 0 bridgehead atoms. The van der Waals surface area contributed by atoms with Crippen molar-refractivity contribution in [2.24, 2.45) is 0 Å². The molecule has 0 saturated heterocycles. The second kappa shape index (κ2) is 6.22. The predicted molar refractivity (Wildman–Crippen MR) is 115 cm³/mol. The fourth-order valence-electron chi connectivity index (χ4n) is 4.55. The van der Waals surface area contributed by atoms with Gasteiger partial charge in [-0.15, -0.1) is 0 Å². The van der Waals surface area contributed by atoms with Gasteiger partial charge >= 0.3 is 6.71 Å². The molecule has 2 rings (SSSR count). The van der Waals surface area contributed by atoms with Crippen LogP contribution in [0.3, 0.4) is 0 Å². The SMILES string of the molecule is CC(C)(C)[Si](Cl)(B1Oc2ccccc2O1)C([Si](C)(C)C)[Si](C)(C)C. The summed E-state index contributed by atoms with van der Waals surface area (Å²) >= 11 is 7.71. The van der Waals surface area contributed by atoms with Crippen LogP contribution in [-0.4, -0.2) is 30.1 Å². The summed E-state index contributed by atoms with van der Waals surface area (Å²) in [5.41, 5.74) is 0. The molecule has 1 heterocycles. The van der Waals surface area contributed by atoms with Crippen molar-refractivity contribution in [3.05, 3.63) is 24.3 Å². The molecule has 0 N–H and O–H groups in total. The van der Waals surface area contributed by atoms with Crippen LogP contribution in [-0.2, 0) is 0 Å². The summed E-state index contributed by atoms with van der Waals surface area (Å²) < 4.78 is 12.6. The summed E-state index contributed by atoms with van der Waals surface area (Å²) in [6.07, 6.45) is 0. The molecule has 0 fully saturated rings. The molecular weight excluding hydrogens is 367 g/mol. The maximum absolute atomic E-state index is 7.71. The Balaban J connectivity index is 2.56. The van der Waals surface area contributed by atoms with Gasteiger partial charge in [0.15, 0.2) is 0 Å². The minimum atomic E-state index is -2.46. The van der Waals surface area contributed by atoms with Crippen molar-refractivity contribution in [1.82, 2.24) is 0 Å². The van der Waals surface area contributed by atoms with E-state index < -0.39 is 23.4 Å². The quantitative estimate of drug-likeness (QED) is 0.448. The van der Waals surface area contributed by atoms with Crippen LogP contribution in [0, 0.1) is 0 Å². The Morgan fingerprint density at radius 1 is 0.875 bits per heavy atom. The van der Waals surface area contributed by atoms with Crippen LogP contribution in [0.5, 0.6) is 11.5 Å². The lowest BCUT2D eigenvalue weighted by atomic mass is 10.2. The van der Waals surface area contributed by atoms with E-state index in [0.717, 1.165) is 11.5 Å². The van der Waals surface area contributed by atoms with Crippen molar-refractivity contribution in [3.8, 4) is 11.5 Å². The first kappa shape index (κ1) is 20.1. The molecule has 0 aromatic heterocycles. The Hall–Kier alpha value is -0.174. The average molecular weight is 399 g/mol. The first-order valence-electron chi connectivity index (χ1n) is 8.80. The molecule has 0 radical (unpaired) electrons. The molecule has 1 unspecified atom stereocenters. The van der Waals surface area contributed by atoms with Crippen LogP contribution in [0.1, 0.15) is 20.8 Å². The molecular formula is C17H32BClO2Si3. The second-order valence-corrected chi connectivity index (χ2v) is 28.5. The van der Waals surface area contributed by atoms with Crippen molar-refractivity contribution in [2.45, 2.75) is 69.9 Å². The molecule has 0 spiro atoms. The highest BCUT2D eigenvalue weighted by molar-refractivity contribution is 7.57. The van der Waals surface area contributed by atoms with Gasteiger partial charge in [0.2, 0.25) is 7.25 Å². The Morgan fingerprint density at radius 2 is 1.25 bits per heavy atom. The Bertz CT molecular complexity index is 568. The zero-order chi connectivity index (χ0) is 18.6. The molecule has 1 aromatic carbocycles. The van der Waals surface area contributed by atoms with Gasteiger partial charge in [-0.2, -0.15) is 11.1 Å². The monoisotopic (exact) mass is 398 g/mol. The molecule has 1 aliphatic heterocycles. The third-order valence-corrected chi connectivity index (χ3v) is 29.6. The number of benzene rings is 1.